The highest BCUT2D eigenvalue weighted by atomic mass is 32.2. The lowest BCUT2D eigenvalue weighted by atomic mass is 9.95. The van der Waals surface area contributed by atoms with Gasteiger partial charge < -0.3 is 10.4 Å². The van der Waals surface area contributed by atoms with Crippen LogP contribution in [0.2, 0.25) is 0 Å². The molecule has 1 heterocycles. The van der Waals surface area contributed by atoms with Crippen LogP contribution in [0.15, 0.2) is 6.20 Å². The summed E-state index contributed by atoms with van der Waals surface area (Å²) >= 11 is 1.88. The first kappa shape index (κ1) is 14.8. The van der Waals surface area contributed by atoms with Crippen LogP contribution in [-0.2, 0) is 11.3 Å². The zero-order chi connectivity index (χ0) is 14.5. The number of aromatic nitrogens is 3. The van der Waals surface area contributed by atoms with Crippen LogP contribution in [0.5, 0.6) is 0 Å². The van der Waals surface area contributed by atoms with Gasteiger partial charge >= 0.3 is 5.97 Å². The normalized spacial score (nSPS) is 22.4. The number of hydrogen-bond acceptors (Lipinski definition) is 5. The summed E-state index contributed by atoms with van der Waals surface area (Å²) in [6.45, 7) is 0.00271. The molecule has 0 radical (unpaired) electrons. The molecular weight excluding hydrogens is 280 g/mol. The van der Waals surface area contributed by atoms with E-state index in [1.165, 1.54) is 10.9 Å². The number of carboxylic acid groups (broad SMARTS) is 1. The van der Waals surface area contributed by atoms with Crippen LogP contribution in [0.25, 0.3) is 0 Å². The van der Waals surface area contributed by atoms with Crippen LogP contribution in [0.1, 0.15) is 36.2 Å². The number of hydrogen-bond donors (Lipinski definition) is 2. The Bertz CT molecular complexity index is 483. The molecule has 0 aromatic carbocycles. The van der Waals surface area contributed by atoms with E-state index in [0.717, 1.165) is 25.7 Å². The number of aromatic carboxylic acids is 1. The van der Waals surface area contributed by atoms with E-state index in [0.29, 0.717) is 5.25 Å². The summed E-state index contributed by atoms with van der Waals surface area (Å²) in [6.07, 6.45) is 7.61. The first-order valence-electron chi connectivity index (χ1n) is 6.54. The van der Waals surface area contributed by atoms with Crippen molar-refractivity contribution >= 4 is 23.6 Å². The molecule has 0 atom stereocenters. The van der Waals surface area contributed by atoms with Crippen molar-refractivity contribution < 1.29 is 14.7 Å². The Morgan fingerprint density at radius 3 is 2.70 bits per heavy atom. The summed E-state index contributed by atoms with van der Waals surface area (Å²) in [5.74, 6) is -1.30. The molecule has 2 N–H and O–H groups in total. The summed E-state index contributed by atoms with van der Waals surface area (Å²) in [6, 6.07) is 0.216. The number of carbonyl (C=O) groups excluding carboxylic acids is 1. The summed E-state index contributed by atoms with van der Waals surface area (Å²) < 4.78 is 1.24. The minimum Gasteiger partial charge on any atom is -0.476 e. The maximum absolute atomic E-state index is 11.9. The summed E-state index contributed by atoms with van der Waals surface area (Å²) in [7, 11) is 0. The molecule has 8 heteroatoms. The monoisotopic (exact) mass is 298 g/mol. The molecule has 1 aromatic rings. The number of carboxylic acids is 1. The summed E-state index contributed by atoms with van der Waals surface area (Å²) in [5, 5.41) is 19.5. The quantitative estimate of drug-likeness (QED) is 0.833. The predicted molar refractivity (Wildman–Crippen MR) is 74.7 cm³/mol. The topological polar surface area (TPSA) is 97.1 Å². The van der Waals surface area contributed by atoms with E-state index in [1.807, 2.05) is 11.8 Å². The Hall–Kier alpha value is -1.57. The number of amides is 1. The van der Waals surface area contributed by atoms with Crippen molar-refractivity contribution in [2.24, 2.45) is 0 Å². The number of nitrogens with zero attached hydrogens (tertiary/aromatic N) is 3. The molecule has 0 bridgehead atoms. The number of carbonyl (C=O) groups is 2. The second kappa shape index (κ2) is 6.74. The maximum Gasteiger partial charge on any atom is 0.358 e. The first-order valence-corrected chi connectivity index (χ1v) is 7.83. The van der Waals surface area contributed by atoms with Crippen molar-refractivity contribution in [1.29, 1.82) is 0 Å². The molecule has 2 rings (SSSR count). The smallest absolute Gasteiger partial charge is 0.358 e. The molecule has 110 valence electrons. The van der Waals surface area contributed by atoms with Gasteiger partial charge in [0.05, 0.1) is 6.20 Å². The van der Waals surface area contributed by atoms with Crippen LogP contribution < -0.4 is 5.32 Å². The molecule has 0 saturated heterocycles. The number of nitrogens with one attached hydrogen (secondary N) is 1. The molecule has 7 nitrogen and oxygen atoms in total. The fourth-order valence-corrected chi connectivity index (χ4v) is 3.08. The van der Waals surface area contributed by atoms with Gasteiger partial charge in [-0.25, -0.2) is 9.48 Å². The van der Waals surface area contributed by atoms with E-state index in [2.05, 4.69) is 21.9 Å². The van der Waals surface area contributed by atoms with E-state index in [4.69, 9.17) is 5.11 Å². The van der Waals surface area contributed by atoms with Crippen LogP contribution in [0, 0.1) is 0 Å². The van der Waals surface area contributed by atoms with Crippen LogP contribution in [0.4, 0.5) is 0 Å². The molecule has 1 aromatic heterocycles. The Kier molecular flexibility index (Phi) is 4.99. The molecule has 1 fully saturated rings. The van der Waals surface area contributed by atoms with Gasteiger partial charge in [0.15, 0.2) is 5.69 Å². The standard InChI is InChI=1S/C12H18N4O3S/c1-20-9-4-2-8(3-5-9)13-11(17)7-16-6-10(12(18)19)14-15-16/h6,8-9H,2-5,7H2,1H3,(H,13,17)(H,18,19). The zero-order valence-corrected chi connectivity index (χ0v) is 12.1. The fraction of sp³-hybridized carbons (Fsp3) is 0.667. The Morgan fingerprint density at radius 2 is 2.15 bits per heavy atom. The van der Waals surface area contributed by atoms with Gasteiger partial charge in [-0.05, 0) is 31.9 Å². The van der Waals surface area contributed by atoms with Crippen LogP contribution in [0.3, 0.4) is 0 Å². The molecule has 20 heavy (non-hydrogen) atoms. The Morgan fingerprint density at radius 1 is 1.45 bits per heavy atom. The van der Waals surface area contributed by atoms with Gasteiger partial charge in [-0.1, -0.05) is 5.21 Å². The second-order valence-electron chi connectivity index (χ2n) is 4.88. The van der Waals surface area contributed by atoms with Crippen molar-refractivity contribution in [3.63, 3.8) is 0 Å². The van der Waals surface area contributed by atoms with Crippen LogP contribution >= 0.6 is 11.8 Å². The van der Waals surface area contributed by atoms with E-state index in [-0.39, 0.29) is 24.2 Å². The molecule has 0 unspecified atom stereocenters. The van der Waals surface area contributed by atoms with Gasteiger partial charge in [-0.15, -0.1) is 5.10 Å². The molecule has 1 aliphatic rings. The zero-order valence-electron chi connectivity index (χ0n) is 11.3. The van der Waals surface area contributed by atoms with Crippen LogP contribution in [-0.4, -0.2) is 49.5 Å². The maximum atomic E-state index is 11.9. The van der Waals surface area contributed by atoms with E-state index >= 15 is 0 Å². The second-order valence-corrected chi connectivity index (χ2v) is 6.02. The first-order chi connectivity index (χ1) is 9.58. The summed E-state index contributed by atoms with van der Waals surface area (Å²) in [5.41, 5.74) is -0.154. The molecule has 0 aliphatic heterocycles. The fourth-order valence-electron chi connectivity index (χ4n) is 2.34. The molecule has 1 amide bonds. The number of rotatable bonds is 5. The number of thioether (sulfide) groups is 1. The lowest BCUT2D eigenvalue weighted by Crippen LogP contribution is -2.39. The van der Waals surface area contributed by atoms with E-state index < -0.39 is 5.97 Å². The highest BCUT2D eigenvalue weighted by Crippen LogP contribution is 2.26. The third kappa shape index (κ3) is 3.96. The lowest BCUT2D eigenvalue weighted by Gasteiger charge is -2.27. The molecule has 0 spiro atoms. The van der Waals surface area contributed by atoms with Crippen molar-refractivity contribution in [2.45, 2.75) is 43.5 Å². The Labute approximate surface area is 121 Å². The van der Waals surface area contributed by atoms with Gasteiger partial charge in [0.1, 0.15) is 6.54 Å². The molecule has 1 saturated carbocycles. The van der Waals surface area contributed by atoms with Gasteiger partial charge in [0.25, 0.3) is 0 Å². The highest BCUT2D eigenvalue weighted by Gasteiger charge is 2.22. The lowest BCUT2D eigenvalue weighted by molar-refractivity contribution is -0.122. The van der Waals surface area contributed by atoms with Crippen molar-refractivity contribution in [3.05, 3.63) is 11.9 Å². The summed E-state index contributed by atoms with van der Waals surface area (Å²) in [4.78, 5) is 22.5. The van der Waals surface area contributed by atoms with Gasteiger partial charge in [-0.2, -0.15) is 11.8 Å². The van der Waals surface area contributed by atoms with Crippen molar-refractivity contribution in [2.75, 3.05) is 6.26 Å². The average molecular weight is 298 g/mol. The minimum absolute atomic E-state index is 0.00271. The minimum atomic E-state index is -1.15. The SMILES string of the molecule is CSC1CCC(NC(=O)Cn2cc(C(=O)O)nn2)CC1. The van der Waals surface area contributed by atoms with E-state index in [9.17, 15) is 9.59 Å². The van der Waals surface area contributed by atoms with Crippen molar-refractivity contribution in [1.82, 2.24) is 20.3 Å². The Balaban J connectivity index is 1.79. The predicted octanol–water partition coefficient (Wildman–Crippen LogP) is 0.767. The van der Waals surface area contributed by atoms with Gasteiger partial charge in [-0.3, -0.25) is 4.79 Å². The molecular formula is C12H18N4O3S. The molecule has 1 aliphatic carbocycles. The van der Waals surface area contributed by atoms with Gasteiger partial charge in [0, 0.05) is 11.3 Å². The third-order valence-electron chi connectivity index (χ3n) is 3.44. The average Bonchev–Trinajstić information content (AvgIpc) is 2.88. The highest BCUT2D eigenvalue weighted by molar-refractivity contribution is 7.99. The van der Waals surface area contributed by atoms with E-state index in [1.54, 1.807) is 0 Å². The third-order valence-corrected chi connectivity index (χ3v) is 4.57. The van der Waals surface area contributed by atoms with Crippen molar-refractivity contribution in [3.8, 4) is 0 Å². The largest absolute Gasteiger partial charge is 0.476 e. The van der Waals surface area contributed by atoms with Gasteiger partial charge in [0.2, 0.25) is 5.91 Å².